The van der Waals surface area contributed by atoms with E-state index in [0.29, 0.717) is 18.7 Å². The first-order valence-electron chi connectivity index (χ1n) is 7.42. The Bertz CT molecular complexity index is 632. The van der Waals surface area contributed by atoms with Crippen molar-refractivity contribution in [1.82, 2.24) is 10.6 Å². The molecule has 0 radical (unpaired) electrons. The Morgan fingerprint density at radius 1 is 1.33 bits per heavy atom. The monoisotopic (exact) mass is 344 g/mol. The number of carbonyl (C=O) groups is 2. The predicted octanol–water partition coefficient (Wildman–Crippen LogP) is 2.17. The Balaban J connectivity index is 2.17. The van der Waals surface area contributed by atoms with E-state index in [1.807, 2.05) is 0 Å². The Kier molecular flexibility index (Phi) is 5.20. The Morgan fingerprint density at radius 3 is 2.62 bits per heavy atom. The molecule has 1 unspecified atom stereocenters. The molecular formula is C15H19F3N4O2. The first kappa shape index (κ1) is 17.9. The van der Waals surface area contributed by atoms with Crippen molar-refractivity contribution in [3.05, 3.63) is 23.8 Å². The van der Waals surface area contributed by atoms with Crippen molar-refractivity contribution < 1.29 is 22.8 Å². The second kappa shape index (κ2) is 6.98. The van der Waals surface area contributed by atoms with Crippen LogP contribution in [0.1, 0.15) is 18.4 Å². The highest BCUT2D eigenvalue weighted by atomic mass is 19.4. The van der Waals surface area contributed by atoms with E-state index in [9.17, 15) is 22.8 Å². The number of alkyl halides is 3. The Hall–Kier alpha value is -2.45. The fraction of sp³-hybridized carbons (Fsp3) is 0.467. The normalized spacial score (nSPS) is 17.9. The fourth-order valence-electron chi connectivity index (χ4n) is 2.43. The van der Waals surface area contributed by atoms with Crippen LogP contribution in [0.25, 0.3) is 0 Å². The van der Waals surface area contributed by atoms with Crippen molar-refractivity contribution >= 4 is 23.3 Å². The molecule has 2 rings (SSSR count). The number of anilines is 2. The highest BCUT2D eigenvalue weighted by molar-refractivity contribution is 5.96. The maximum atomic E-state index is 12.9. The minimum absolute atomic E-state index is 0.0172. The summed E-state index contributed by atoms with van der Waals surface area (Å²) in [5.74, 6) is -0.298. The lowest BCUT2D eigenvalue weighted by Crippen LogP contribution is -2.51. The van der Waals surface area contributed by atoms with Crippen molar-refractivity contribution in [2.24, 2.45) is 0 Å². The summed E-state index contributed by atoms with van der Waals surface area (Å²) in [5.41, 5.74) is -0.423. The van der Waals surface area contributed by atoms with Gasteiger partial charge in [-0.2, -0.15) is 13.2 Å². The number of rotatable bonds is 3. The number of benzene rings is 1. The molecule has 1 fully saturated rings. The van der Waals surface area contributed by atoms with Gasteiger partial charge in [-0.25, -0.2) is 4.79 Å². The summed E-state index contributed by atoms with van der Waals surface area (Å²) < 4.78 is 38.6. The summed E-state index contributed by atoms with van der Waals surface area (Å²) in [6.45, 7) is 0.553. The minimum atomic E-state index is -4.51. The third-order valence-corrected chi connectivity index (χ3v) is 3.64. The Labute approximate surface area is 137 Å². The lowest BCUT2D eigenvalue weighted by atomic mass is 10.1. The second-order valence-electron chi connectivity index (χ2n) is 5.71. The zero-order valence-corrected chi connectivity index (χ0v) is 13.3. The van der Waals surface area contributed by atoms with Gasteiger partial charge in [0, 0.05) is 20.6 Å². The molecule has 132 valence electrons. The molecule has 1 aromatic rings. The molecule has 0 aromatic heterocycles. The molecule has 9 heteroatoms. The fourth-order valence-corrected chi connectivity index (χ4v) is 2.43. The highest BCUT2D eigenvalue weighted by Crippen LogP contribution is 2.34. The number of carbonyl (C=O) groups excluding carboxylic acids is 2. The molecule has 3 amide bonds. The first-order valence-corrected chi connectivity index (χ1v) is 7.42. The van der Waals surface area contributed by atoms with Crippen LogP contribution in [0.4, 0.5) is 29.3 Å². The van der Waals surface area contributed by atoms with Crippen molar-refractivity contribution in [2.45, 2.75) is 25.1 Å². The average Bonchev–Trinajstić information content (AvgIpc) is 2.48. The number of nitrogens with one attached hydrogen (secondary N) is 3. The van der Waals surface area contributed by atoms with Crippen LogP contribution in [0, 0.1) is 0 Å². The molecule has 6 nitrogen and oxygen atoms in total. The molecule has 0 saturated carbocycles. The van der Waals surface area contributed by atoms with Crippen LogP contribution in [0.5, 0.6) is 0 Å². The summed E-state index contributed by atoms with van der Waals surface area (Å²) in [4.78, 5) is 25.3. The number of piperidine rings is 1. The van der Waals surface area contributed by atoms with Gasteiger partial charge in [0.1, 0.15) is 6.04 Å². The number of halogens is 3. The lowest BCUT2D eigenvalue weighted by Gasteiger charge is -2.24. The smallest absolute Gasteiger partial charge is 0.376 e. The number of nitrogens with zero attached hydrogens (tertiary/aromatic N) is 1. The van der Waals surface area contributed by atoms with Crippen molar-refractivity contribution in [2.75, 3.05) is 30.9 Å². The molecule has 1 aliphatic rings. The van der Waals surface area contributed by atoms with Gasteiger partial charge in [0.25, 0.3) is 0 Å². The topological polar surface area (TPSA) is 73.5 Å². The van der Waals surface area contributed by atoms with E-state index in [1.54, 1.807) is 19.0 Å². The van der Waals surface area contributed by atoms with Gasteiger partial charge in [0.15, 0.2) is 0 Å². The third kappa shape index (κ3) is 4.30. The van der Waals surface area contributed by atoms with Gasteiger partial charge in [-0.05, 0) is 31.0 Å². The van der Waals surface area contributed by atoms with Gasteiger partial charge >= 0.3 is 12.2 Å². The maximum absolute atomic E-state index is 12.9. The maximum Gasteiger partial charge on any atom is 0.416 e. The molecule has 1 aromatic carbocycles. The molecule has 1 atom stereocenters. The van der Waals surface area contributed by atoms with E-state index in [-0.39, 0.29) is 11.6 Å². The van der Waals surface area contributed by atoms with Gasteiger partial charge in [0.05, 0.1) is 16.9 Å². The highest BCUT2D eigenvalue weighted by Gasteiger charge is 2.31. The summed E-state index contributed by atoms with van der Waals surface area (Å²) in [5, 5.41) is 7.50. The molecule has 1 saturated heterocycles. The van der Waals surface area contributed by atoms with E-state index in [1.165, 1.54) is 6.07 Å². The van der Waals surface area contributed by atoms with E-state index < -0.39 is 23.8 Å². The van der Waals surface area contributed by atoms with Crippen LogP contribution >= 0.6 is 0 Å². The van der Waals surface area contributed by atoms with Crippen LogP contribution in [0.15, 0.2) is 18.2 Å². The van der Waals surface area contributed by atoms with E-state index in [4.69, 9.17) is 0 Å². The molecule has 0 aliphatic carbocycles. The largest absolute Gasteiger partial charge is 0.416 e. The van der Waals surface area contributed by atoms with Crippen LogP contribution in [-0.2, 0) is 11.0 Å². The minimum Gasteiger partial charge on any atom is -0.376 e. The van der Waals surface area contributed by atoms with Crippen LogP contribution in [-0.4, -0.2) is 38.6 Å². The molecule has 1 aliphatic heterocycles. The zero-order valence-electron chi connectivity index (χ0n) is 13.3. The molecule has 24 heavy (non-hydrogen) atoms. The quantitative estimate of drug-likeness (QED) is 0.787. The first-order chi connectivity index (χ1) is 11.2. The molecule has 1 heterocycles. The lowest BCUT2D eigenvalue weighted by molar-refractivity contribution is -0.137. The van der Waals surface area contributed by atoms with Crippen LogP contribution in [0.3, 0.4) is 0 Å². The summed E-state index contributed by atoms with van der Waals surface area (Å²) >= 11 is 0. The van der Waals surface area contributed by atoms with E-state index >= 15 is 0 Å². The average molecular weight is 344 g/mol. The summed E-state index contributed by atoms with van der Waals surface area (Å²) in [6.07, 6.45) is -3.30. The van der Waals surface area contributed by atoms with E-state index in [2.05, 4.69) is 16.0 Å². The molecule has 3 N–H and O–H groups in total. The molecular weight excluding hydrogens is 325 g/mol. The number of amides is 3. The summed E-state index contributed by atoms with van der Waals surface area (Å²) in [7, 11) is 3.31. The number of hydrogen-bond acceptors (Lipinski definition) is 3. The van der Waals surface area contributed by atoms with Gasteiger partial charge in [-0.15, -0.1) is 0 Å². The standard InChI is InChI=1S/C15H19F3N4O2/c1-22(2)12-6-5-9(15(16,17)18)8-11(12)21-14(24)20-10-4-3-7-19-13(10)23/h5-6,8,10H,3-4,7H2,1-2H3,(H,19,23)(H2,20,21,24). The van der Waals surface area contributed by atoms with Crippen molar-refractivity contribution in [3.63, 3.8) is 0 Å². The zero-order chi connectivity index (χ0) is 17.9. The number of hydrogen-bond donors (Lipinski definition) is 3. The SMILES string of the molecule is CN(C)c1ccc(C(F)(F)F)cc1NC(=O)NC1CCCNC1=O. The van der Waals surface area contributed by atoms with Crippen molar-refractivity contribution in [1.29, 1.82) is 0 Å². The van der Waals surface area contributed by atoms with Gasteiger partial charge in [-0.3, -0.25) is 4.79 Å². The third-order valence-electron chi connectivity index (χ3n) is 3.64. The Morgan fingerprint density at radius 2 is 2.04 bits per heavy atom. The predicted molar refractivity (Wildman–Crippen MR) is 84.0 cm³/mol. The second-order valence-corrected chi connectivity index (χ2v) is 5.71. The van der Waals surface area contributed by atoms with Crippen LogP contribution in [0.2, 0.25) is 0 Å². The van der Waals surface area contributed by atoms with Crippen molar-refractivity contribution in [3.8, 4) is 0 Å². The summed E-state index contributed by atoms with van der Waals surface area (Å²) in [6, 6.07) is 1.70. The van der Waals surface area contributed by atoms with Crippen LogP contribution < -0.4 is 20.9 Å². The van der Waals surface area contributed by atoms with Gasteiger partial charge in [0.2, 0.25) is 5.91 Å². The number of urea groups is 1. The molecule has 0 bridgehead atoms. The van der Waals surface area contributed by atoms with E-state index in [0.717, 1.165) is 18.6 Å². The van der Waals surface area contributed by atoms with Gasteiger partial charge < -0.3 is 20.9 Å². The molecule has 0 spiro atoms. The van der Waals surface area contributed by atoms with Gasteiger partial charge in [-0.1, -0.05) is 0 Å².